The predicted octanol–water partition coefficient (Wildman–Crippen LogP) is 2.74. The monoisotopic (exact) mass is 446 g/mol. The summed E-state index contributed by atoms with van der Waals surface area (Å²) in [6.45, 7) is 0.614. The first-order valence-electron chi connectivity index (χ1n) is 12.7. The largest absolute Gasteiger partial charge is 0.481 e. The van der Waals surface area contributed by atoms with Crippen LogP contribution in [0.1, 0.15) is 64.2 Å². The standard InChI is InChI=1S/C25H34O7/c26-20-15-1-13-2-16(20)8-24(6-13,7-15)22(29)30-11-19-12-31-25(32-19)17-3-14-4-18(25)10-23(5-14,9-17)21(27)28/h13-20,26H,1-12H2,(H,27,28). The molecule has 9 fully saturated rings. The molecule has 0 amide bonds. The number of hydrogen-bond acceptors (Lipinski definition) is 6. The van der Waals surface area contributed by atoms with E-state index in [4.69, 9.17) is 14.2 Å². The maximum Gasteiger partial charge on any atom is 0.312 e. The summed E-state index contributed by atoms with van der Waals surface area (Å²) in [6, 6.07) is 0. The number of carboxylic acids is 1. The lowest BCUT2D eigenvalue weighted by atomic mass is 9.47. The van der Waals surface area contributed by atoms with Gasteiger partial charge in [-0.2, -0.15) is 0 Å². The number of aliphatic hydroxyl groups is 1. The summed E-state index contributed by atoms with van der Waals surface area (Å²) in [5, 5.41) is 20.4. The first-order valence-corrected chi connectivity index (χ1v) is 12.7. The van der Waals surface area contributed by atoms with E-state index in [1.54, 1.807) is 0 Å². The highest BCUT2D eigenvalue weighted by atomic mass is 16.8. The minimum atomic E-state index is -0.683. The summed E-state index contributed by atoms with van der Waals surface area (Å²) in [6.07, 6.45) is 8.03. The lowest BCUT2D eigenvalue weighted by Gasteiger charge is -2.61. The maximum atomic E-state index is 13.2. The SMILES string of the molecule is O=C(O)C12CC3CC(C1)C1(OCC(COC(=O)C45CC6CC(C4)C(O)C(C6)C5)O1)C(C3)C2. The fraction of sp³-hybridized carbons (Fsp3) is 0.920. The van der Waals surface area contributed by atoms with Gasteiger partial charge in [-0.15, -0.1) is 0 Å². The molecule has 1 saturated heterocycles. The Kier molecular flexibility index (Phi) is 4.09. The van der Waals surface area contributed by atoms with Gasteiger partial charge in [-0.3, -0.25) is 9.59 Å². The summed E-state index contributed by atoms with van der Waals surface area (Å²) in [5.41, 5.74) is -1.01. The number of hydrogen-bond donors (Lipinski definition) is 2. The van der Waals surface area contributed by atoms with Gasteiger partial charge >= 0.3 is 11.9 Å². The molecule has 32 heavy (non-hydrogen) atoms. The predicted molar refractivity (Wildman–Crippen MR) is 110 cm³/mol. The van der Waals surface area contributed by atoms with Gasteiger partial charge in [0.05, 0.1) is 23.5 Å². The summed E-state index contributed by atoms with van der Waals surface area (Å²) in [7, 11) is 0. The van der Waals surface area contributed by atoms with Crippen molar-refractivity contribution in [2.24, 2.45) is 46.3 Å². The molecule has 176 valence electrons. The molecule has 8 aliphatic carbocycles. The van der Waals surface area contributed by atoms with Gasteiger partial charge < -0.3 is 24.4 Å². The Morgan fingerprint density at radius 1 is 0.875 bits per heavy atom. The zero-order chi connectivity index (χ0) is 21.9. The van der Waals surface area contributed by atoms with Gasteiger partial charge in [0.1, 0.15) is 12.7 Å². The average Bonchev–Trinajstić information content (AvgIpc) is 3.18. The van der Waals surface area contributed by atoms with E-state index in [0.29, 0.717) is 31.3 Å². The number of carboxylic acid groups (broad SMARTS) is 1. The van der Waals surface area contributed by atoms with E-state index < -0.39 is 22.6 Å². The van der Waals surface area contributed by atoms with Crippen molar-refractivity contribution in [3.63, 3.8) is 0 Å². The van der Waals surface area contributed by atoms with E-state index in [9.17, 15) is 19.8 Å². The van der Waals surface area contributed by atoms with Gasteiger partial charge in [-0.1, -0.05) is 0 Å². The van der Waals surface area contributed by atoms with E-state index >= 15 is 0 Å². The third-order valence-electron chi connectivity index (χ3n) is 10.7. The van der Waals surface area contributed by atoms with Crippen LogP contribution in [0, 0.1) is 46.3 Å². The van der Waals surface area contributed by atoms with Gasteiger partial charge in [0.2, 0.25) is 0 Å². The second-order valence-corrected chi connectivity index (χ2v) is 12.5. The fourth-order valence-corrected chi connectivity index (χ4v) is 9.82. The van der Waals surface area contributed by atoms with Crippen LogP contribution >= 0.6 is 0 Å². The number of aliphatic hydroxyl groups excluding tert-OH is 1. The van der Waals surface area contributed by atoms with Crippen LogP contribution in [0.4, 0.5) is 0 Å². The van der Waals surface area contributed by atoms with Crippen LogP contribution in [-0.4, -0.2) is 53.4 Å². The van der Waals surface area contributed by atoms with Crippen molar-refractivity contribution in [2.75, 3.05) is 13.2 Å². The van der Waals surface area contributed by atoms with Crippen LogP contribution in [0.3, 0.4) is 0 Å². The number of carbonyl (C=O) groups excluding carboxylic acids is 1. The molecule has 7 heteroatoms. The van der Waals surface area contributed by atoms with Crippen molar-refractivity contribution < 1.29 is 34.0 Å². The Morgan fingerprint density at radius 2 is 1.50 bits per heavy atom. The Balaban J connectivity index is 1.02. The molecule has 0 aromatic rings. The third kappa shape index (κ3) is 2.59. The summed E-state index contributed by atoms with van der Waals surface area (Å²) in [5.74, 6) is 0.301. The normalized spacial score (nSPS) is 56.8. The number of aliphatic carboxylic acids is 1. The lowest BCUT2D eigenvalue weighted by molar-refractivity contribution is -0.307. The number of carbonyl (C=O) groups is 2. The minimum absolute atomic E-state index is 0.108. The zero-order valence-corrected chi connectivity index (χ0v) is 18.5. The molecule has 5 unspecified atom stereocenters. The highest BCUT2D eigenvalue weighted by Gasteiger charge is 2.68. The molecule has 0 radical (unpaired) electrons. The molecule has 8 bridgehead atoms. The highest BCUT2D eigenvalue weighted by molar-refractivity contribution is 5.77. The zero-order valence-electron chi connectivity index (χ0n) is 18.5. The van der Waals surface area contributed by atoms with Crippen LogP contribution in [-0.2, 0) is 23.8 Å². The van der Waals surface area contributed by atoms with Gasteiger partial charge in [-0.05, 0) is 87.9 Å². The molecule has 1 aliphatic heterocycles. The van der Waals surface area contributed by atoms with E-state index in [1.165, 1.54) is 0 Å². The Bertz CT molecular complexity index is 821. The quantitative estimate of drug-likeness (QED) is 0.640. The second kappa shape index (κ2) is 6.48. The Morgan fingerprint density at radius 3 is 2.16 bits per heavy atom. The Labute approximate surface area is 188 Å². The van der Waals surface area contributed by atoms with Crippen LogP contribution in [0.25, 0.3) is 0 Å². The summed E-state index contributed by atoms with van der Waals surface area (Å²) >= 11 is 0. The average molecular weight is 447 g/mol. The van der Waals surface area contributed by atoms with E-state index in [0.717, 1.165) is 51.4 Å². The molecule has 2 N–H and O–H groups in total. The molecule has 8 saturated carbocycles. The number of ether oxygens (including phenoxy) is 3. The van der Waals surface area contributed by atoms with E-state index in [2.05, 4.69) is 0 Å². The van der Waals surface area contributed by atoms with Crippen LogP contribution in [0.5, 0.6) is 0 Å². The molecule has 1 spiro atoms. The van der Waals surface area contributed by atoms with Gasteiger partial charge in [-0.25, -0.2) is 0 Å². The van der Waals surface area contributed by atoms with Crippen molar-refractivity contribution in [1.29, 1.82) is 0 Å². The molecule has 9 aliphatic rings. The van der Waals surface area contributed by atoms with Crippen molar-refractivity contribution in [1.82, 2.24) is 0 Å². The maximum absolute atomic E-state index is 13.2. The van der Waals surface area contributed by atoms with Crippen LogP contribution in [0.15, 0.2) is 0 Å². The molecular weight excluding hydrogens is 412 g/mol. The molecule has 1 heterocycles. The smallest absolute Gasteiger partial charge is 0.312 e. The molecule has 5 atom stereocenters. The lowest BCUT2D eigenvalue weighted by Crippen LogP contribution is -2.63. The van der Waals surface area contributed by atoms with Gasteiger partial charge in [0, 0.05) is 11.8 Å². The molecule has 0 aromatic heterocycles. The first kappa shape index (κ1) is 20.2. The molecule has 0 aromatic carbocycles. The highest BCUT2D eigenvalue weighted by Crippen LogP contribution is 2.66. The van der Waals surface area contributed by atoms with Crippen molar-refractivity contribution >= 4 is 11.9 Å². The van der Waals surface area contributed by atoms with Gasteiger partial charge in [0.25, 0.3) is 0 Å². The minimum Gasteiger partial charge on any atom is -0.481 e. The number of esters is 1. The van der Waals surface area contributed by atoms with Crippen molar-refractivity contribution in [2.45, 2.75) is 82.2 Å². The molecular formula is C25H34O7. The van der Waals surface area contributed by atoms with Crippen molar-refractivity contribution in [3.8, 4) is 0 Å². The van der Waals surface area contributed by atoms with Crippen molar-refractivity contribution in [3.05, 3.63) is 0 Å². The summed E-state index contributed by atoms with van der Waals surface area (Å²) < 4.78 is 18.7. The number of rotatable bonds is 4. The van der Waals surface area contributed by atoms with E-state index in [1.807, 2.05) is 0 Å². The molecule has 9 rings (SSSR count). The van der Waals surface area contributed by atoms with Crippen LogP contribution < -0.4 is 0 Å². The summed E-state index contributed by atoms with van der Waals surface area (Å²) in [4.78, 5) is 25.3. The van der Waals surface area contributed by atoms with E-state index in [-0.39, 0.29) is 48.5 Å². The topological polar surface area (TPSA) is 102 Å². The Hall–Kier alpha value is -1.18. The second-order valence-electron chi connectivity index (χ2n) is 12.5. The fourth-order valence-electron chi connectivity index (χ4n) is 9.82. The van der Waals surface area contributed by atoms with Crippen LogP contribution in [0.2, 0.25) is 0 Å². The third-order valence-corrected chi connectivity index (χ3v) is 10.7. The first-order chi connectivity index (χ1) is 15.3. The van der Waals surface area contributed by atoms with Gasteiger partial charge in [0.15, 0.2) is 5.79 Å². The molecule has 7 nitrogen and oxygen atoms in total.